The molecule has 3 heterocycles. The summed E-state index contributed by atoms with van der Waals surface area (Å²) in [5.41, 5.74) is 8.11. The number of alkyl halides is 3. The molecule has 2 aromatic heterocycles. The molecule has 1 fully saturated rings. The highest BCUT2D eigenvalue weighted by molar-refractivity contribution is 5.99. The number of aromatic amines is 1. The van der Waals surface area contributed by atoms with Crippen molar-refractivity contribution < 1.29 is 27.5 Å². The summed E-state index contributed by atoms with van der Waals surface area (Å²) in [7, 11) is 0. The zero-order chi connectivity index (χ0) is 25.3. The van der Waals surface area contributed by atoms with Gasteiger partial charge in [-0.25, -0.2) is 4.98 Å². The molecular weight excluding hydrogens is 463 g/mol. The van der Waals surface area contributed by atoms with Crippen molar-refractivity contribution in [2.75, 3.05) is 18.8 Å². The van der Waals surface area contributed by atoms with Gasteiger partial charge in [0.05, 0.1) is 11.1 Å². The summed E-state index contributed by atoms with van der Waals surface area (Å²) in [6.07, 6.45) is -0.0539. The molecule has 35 heavy (non-hydrogen) atoms. The minimum Gasteiger partial charge on any atom is -0.406 e. The molecule has 2 amide bonds. The highest BCUT2D eigenvalue weighted by atomic mass is 19.4. The lowest BCUT2D eigenvalue weighted by molar-refractivity contribution is -0.274. The summed E-state index contributed by atoms with van der Waals surface area (Å²) >= 11 is 0. The van der Waals surface area contributed by atoms with Gasteiger partial charge < -0.3 is 25.7 Å². The van der Waals surface area contributed by atoms with Gasteiger partial charge in [-0.15, -0.1) is 13.2 Å². The number of hydrogen-bond donors (Lipinski definition) is 3. The number of hydrogen-bond acceptors (Lipinski definition) is 5. The van der Waals surface area contributed by atoms with Gasteiger partial charge in [0.15, 0.2) is 0 Å². The SMILES string of the molecule is CC(C)NC(=O)c1cnc2[nH]cc(C3CCN(C(=O)c4ccc(OC(F)(F)F)cc4N)CC3)c2c1. The van der Waals surface area contributed by atoms with Gasteiger partial charge in [0.2, 0.25) is 0 Å². The molecular formula is C24H26F3N5O3. The lowest BCUT2D eigenvalue weighted by atomic mass is 9.89. The van der Waals surface area contributed by atoms with E-state index in [0.29, 0.717) is 37.1 Å². The van der Waals surface area contributed by atoms with Crippen LogP contribution in [0.5, 0.6) is 5.75 Å². The number of aromatic nitrogens is 2. The molecule has 0 atom stereocenters. The standard InChI is InChI=1S/C24H26F3N5O3/c1-13(2)31-22(33)15-9-18-19(12-30-21(18)29-11-15)14-5-7-32(8-6-14)23(34)17-4-3-16(10-20(17)28)35-24(25,26)27/h3-4,9-14H,5-8,28H2,1-2H3,(H,29,30)(H,31,33). The first-order valence-electron chi connectivity index (χ1n) is 11.2. The van der Waals surface area contributed by atoms with Gasteiger partial charge in [0.1, 0.15) is 11.4 Å². The van der Waals surface area contributed by atoms with E-state index in [1.807, 2.05) is 26.1 Å². The monoisotopic (exact) mass is 489 g/mol. The van der Waals surface area contributed by atoms with Gasteiger partial charge in [-0.1, -0.05) is 0 Å². The van der Waals surface area contributed by atoms with Crippen LogP contribution in [0.4, 0.5) is 18.9 Å². The van der Waals surface area contributed by atoms with Crippen molar-refractivity contribution >= 4 is 28.5 Å². The number of nitrogens with one attached hydrogen (secondary N) is 2. The van der Waals surface area contributed by atoms with Gasteiger partial charge in [0, 0.05) is 48.7 Å². The number of H-pyrrole nitrogens is 1. The Morgan fingerprint density at radius 2 is 1.94 bits per heavy atom. The first-order chi connectivity index (χ1) is 16.5. The number of carbonyl (C=O) groups is 2. The van der Waals surface area contributed by atoms with E-state index in [9.17, 15) is 22.8 Å². The Morgan fingerprint density at radius 3 is 2.57 bits per heavy atom. The Hall–Kier alpha value is -3.76. The number of benzene rings is 1. The number of carbonyl (C=O) groups excluding carboxylic acids is 2. The summed E-state index contributed by atoms with van der Waals surface area (Å²) in [5, 5.41) is 3.73. The average Bonchev–Trinajstić information content (AvgIpc) is 3.20. The number of nitrogen functional groups attached to an aromatic ring is 1. The van der Waals surface area contributed by atoms with Crippen LogP contribution >= 0.6 is 0 Å². The van der Waals surface area contributed by atoms with E-state index in [0.717, 1.165) is 23.1 Å². The third-order valence-corrected chi connectivity index (χ3v) is 5.95. The van der Waals surface area contributed by atoms with Crippen LogP contribution in [0.15, 0.2) is 36.7 Å². The Kier molecular flexibility index (Phi) is 6.60. The number of rotatable bonds is 5. The molecule has 0 unspecified atom stereocenters. The van der Waals surface area contributed by atoms with Crippen LogP contribution in [0.3, 0.4) is 0 Å². The van der Waals surface area contributed by atoms with E-state index in [1.165, 1.54) is 12.3 Å². The maximum atomic E-state index is 13.0. The topological polar surface area (TPSA) is 113 Å². The normalized spacial score (nSPS) is 15.0. The molecule has 11 heteroatoms. The van der Waals surface area contributed by atoms with Crippen LogP contribution in [-0.2, 0) is 0 Å². The highest BCUT2D eigenvalue weighted by Gasteiger charge is 2.32. The number of nitrogens with two attached hydrogens (primary N) is 1. The molecule has 0 spiro atoms. The van der Waals surface area contributed by atoms with Crippen molar-refractivity contribution in [3.63, 3.8) is 0 Å². The molecule has 1 aliphatic rings. The third kappa shape index (κ3) is 5.50. The Labute approximate surface area is 199 Å². The predicted octanol–water partition coefficient (Wildman–Crippen LogP) is 4.20. The summed E-state index contributed by atoms with van der Waals surface area (Å²) < 4.78 is 41.1. The third-order valence-electron chi connectivity index (χ3n) is 5.95. The summed E-state index contributed by atoms with van der Waals surface area (Å²) in [6.45, 7) is 4.69. The molecule has 0 aliphatic carbocycles. The molecule has 1 saturated heterocycles. The van der Waals surface area contributed by atoms with Gasteiger partial charge in [-0.05, 0) is 56.4 Å². The number of anilines is 1. The van der Waals surface area contributed by atoms with E-state index < -0.39 is 12.1 Å². The van der Waals surface area contributed by atoms with Crippen molar-refractivity contribution in [2.45, 2.75) is 45.0 Å². The Morgan fingerprint density at radius 1 is 1.23 bits per heavy atom. The molecule has 186 valence electrons. The number of fused-ring (bicyclic) bond motifs is 1. The van der Waals surface area contributed by atoms with Crippen molar-refractivity contribution in [1.82, 2.24) is 20.2 Å². The second-order valence-electron chi connectivity index (χ2n) is 8.86. The van der Waals surface area contributed by atoms with Crippen molar-refractivity contribution in [3.05, 3.63) is 53.3 Å². The van der Waals surface area contributed by atoms with Crippen LogP contribution in [0.1, 0.15) is 58.9 Å². The van der Waals surface area contributed by atoms with Crippen LogP contribution in [0.2, 0.25) is 0 Å². The van der Waals surface area contributed by atoms with Crippen molar-refractivity contribution in [2.24, 2.45) is 0 Å². The van der Waals surface area contributed by atoms with E-state index >= 15 is 0 Å². The number of piperidine rings is 1. The molecule has 1 aliphatic heterocycles. The Bertz CT molecular complexity index is 1250. The summed E-state index contributed by atoms with van der Waals surface area (Å²) in [6, 6.07) is 5.16. The van der Waals surface area contributed by atoms with Crippen LogP contribution in [-0.4, -0.2) is 52.2 Å². The fourth-order valence-electron chi connectivity index (χ4n) is 4.33. The maximum absolute atomic E-state index is 13.0. The van der Waals surface area contributed by atoms with Crippen LogP contribution in [0, 0.1) is 0 Å². The summed E-state index contributed by atoms with van der Waals surface area (Å²) in [5.74, 6) is -0.850. The van der Waals surface area contributed by atoms with Gasteiger partial charge in [-0.3, -0.25) is 9.59 Å². The second kappa shape index (κ2) is 9.47. The maximum Gasteiger partial charge on any atom is 0.573 e. The largest absolute Gasteiger partial charge is 0.573 e. The molecule has 1 aromatic carbocycles. The van der Waals surface area contributed by atoms with Gasteiger partial charge in [-0.2, -0.15) is 0 Å². The minimum absolute atomic E-state index is 0.00756. The van der Waals surface area contributed by atoms with E-state index in [2.05, 4.69) is 20.0 Å². The smallest absolute Gasteiger partial charge is 0.406 e. The lowest BCUT2D eigenvalue weighted by Crippen LogP contribution is -2.38. The van der Waals surface area contributed by atoms with Crippen LogP contribution in [0.25, 0.3) is 11.0 Å². The zero-order valence-corrected chi connectivity index (χ0v) is 19.3. The molecule has 8 nitrogen and oxygen atoms in total. The number of nitrogens with zero attached hydrogens (tertiary/aromatic N) is 2. The number of amides is 2. The molecule has 3 aromatic rings. The average molecular weight is 489 g/mol. The van der Waals surface area contributed by atoms with Gasteiger partial charge >= 0.3 is 6.36 Å². The highest BCUT2D eigenvalue weighted by Crippen LogP contribution is 2.34. The first-order valence-corrected chi connectivity index (χ1v) is 11.2. The number of pyridine rings is 1. The Balaban J connectivity index is 1.45. The molecule has 0 saturated carbocycles. The zero-order valence-electron chi connectivity index (χ0n) is 19.3. The van der Waals surface area contributed by atoms with E-state index in [1.54, 1.807) is 4.90 Å². The minimum atomic E-state index is -4.84. The van der Waals surface area contributed by atoms with Crippen molar-refractivity contribution in [3.8, 4) is 5.75 Å². The predicted molar refractivity (Wildman–Crippen MR) is 124 cm³/mol. The fourth-order valence-corrected chi connectivity index (χ4v) is 4.33. The molecule has 4 N–H and O–H groups in total. The molecule has 4 rings (SSSR count). The lowest BCUT2D eigenvalue weighted by Gasteiger charge is -2.32. The second-order valence-corrected chi connectivity index (χ2v) is 8.86. The quantitative estimate of drug-likeness (QED) is 0.465. The molecule has 0 radical (unpaired) electrons. The van der Waals surface area contributed by atoms with Crippen LogP contribution < -0.4 is 15.8 Å². The van der Waals surface area contributed by atoms with E-state index in [4.69, 9.17) is 5.73 Å². The summed E-state index contributed by atoms with van der Waals surface area (Å²) in [4.78, 5) is 34.5. The van der Waals surface area contributed by atoms with Crippen molar-refractivity contribution in [1.29, 1.82) is 0 Å². The number of likely N-dealkylation sites (tertiary alicyclic amines) is 1. The van der Waals surface area contributed by atoms with Gasteiger partial charge in [0.25, 0.3) is 11.8 Å². The fraction of sp³-hybridized carbons (Fsp3) is 0.375. The molecule has 0 bridgehead atoms. The van der Waals surface area contributed by atoms with E-state index in [-0.39, 0.29) is 35.0 Å². The first kappa shape index (κ1) is 24.4. The number of halogens is 3. The number of ether oxygens (including phenoxy) is 1.